The predicted molar refractivity (Wildman–Crippen MR) is 79.5 cm³/mol. The fourth-order valence-corrected chi connectivity index (χ4v) is 2.40. The van der Waals surface area contributed by atoms with E-state index in [1.807, 2.05) is 12.3 Å². The van der Waals surface area contributed by atoms with E-state index in [0.717, 1.165) is 29.7 Å². The summed E-state index contributed by atoms with van der Waals surface area (Å²) in [5, 5.41) is 11.9. The maximum absolute atomic E-state index is 11.8. The number of nitrogens with two attached hydrogens (primary N) is 1. The lowest BCUT2D eigenvalue weighted by molar-refractivity contribution is -0.127. The molecule has 0 saturated carbocycles. The van der Waals surface area contributed by atoms with Gasteiger partial charge in [-0.25, -0.2) is 0 Å². The SMILES string of the molecule is CC(O)C(N)C(=O)NC(C=O)Cc1c[nH]c2c1C=CCC2. The number of aliphatic hydroxyl groups is 1. The molecule has 0 radical (unpaired) electrons. The van der Waals surface area contributed by atoms with Gasteiger partial charge in [-0.15, -0.1) is 0 Å². The minimum atomic E-state index is -1.03. The van der Waals surface area contributed by atoms with Gasteiger partial charge in [0.25, 0.3) is 0 Å². The molecule has 0 aromatic carbocycles. The Labute approximate surface area is 123 Å². The number of hydrogen-bond donors (Lipinski definition) is 4. The molecule has 6 heteroatoms. The van der Waals surface area contributed by atoms with Crippen LogP contribution in [0.3, 0.4) is 0 Å². The van der Waals surface area contributed by atoms with Crippen LogP contribution >= 0.6 is 0 Å². The van der Waals surface area contributed by atoms with E-state index in [1.165, 1.54) is 6.92 Å². The van der Waals surface area contributed by atoms with Crippen molar-refractivity contribution in [1.29, 1.82) is 0 Å². The van der Waals surface area contributed by atoms with Crippen molar-refractivity contribution in [2.45, 2.75) is 44.4 Å². The van der Waals surface area contributed by atoms with Gasteiger partial charge in [-0.3, -0.25) is 4.79 Å². The van der Waals surface area contributed by atoms with Crippen LogP contribution < -0.4 is 11.1 Å². The summed E-state index contributed by atoms with van der Waals surface area (Å²) in [6.07, 6.45) is 8.10. The van der Waals surface area contributed by atoms with Crippen LogP contribution in [-0.2, 0) is 22.4 Å². The largest absolute Gasteiger partial charge is 0.391 e. The van der Waals surface area contributed by atoms with Crippen molar-refractivity contribution in [1.82, 2.24) is 10.3 Å². The first-order valence-corrected chi connectivity index (χ1v) is 7.08. The Morgan fingerprint density at radius 2 is 2.38 bits per heavy atom. The summed E-state index contributed by atoms with van der Waals surface area (Å²) < 4.78 is 0. The molecule has 0 fully saturated rings. The third-order valence-corrected chi connectivity index (χ3v) is 3.69. The number of fused-ring (bicyclic) bond motifs is 1. The second kappa shape index (κ2) is 6.69. The molecule has 3 atom stereocenters. The Bertz CT molecular complexity index is 548. The standard InChI is InChI=1S/C15H21N3O3/c1-9(20)14(16)15(21)18-11(8-19)6-10-7-17-13-5-3-2-4-12(10)13/h2,4,7-9,11,14,17,20H,3,5-6,16H2,1H3,(H,18,21). The molecule has 6 nitrogen and oxygen atoms in total. The van der Waals surface area contributed by atoms with Crippen molar-refractivity contribution in [2.24, 2.45) is 5.73 Å². The van der Waals surface area contributed by atoms with Crippen LogP contribution in [0, 0.1) is 0 Å². The predicted octanol–water partition coefficient (Wildman–Crippen LogP) is -0.0916. The van der Waals surface area contributed by atoms with Crippen molar-refractivity contribution in [3.63, 3.8) is 0 Å². The highest BCUT2D eigenvalue weighted by molar-refractivity contribution is 5.84. The summed E-state index contributed by atoms with van der Waals surface area (Å²) in [5.41, 5.74) is 8.80. The summed E-state index contributed by atoms with van der Waals surface area (Å²) in [6.45, 7) is 1.44. The number of carbonyl (C=O) groups excluding carboxylic acids is 2. The van der Waals surface area contributed by atoms with E-state index >= 15 is 0 Å². The second-order valence-corrected chi connectivity index (χ2v) is 5.37. The number of hydrogen-bond acceptors (Lipinski definition) is 4. The lowest BCUT2D eigenvalue weighted by atomic mass is 9.98. The Balaban J connectivity index is 2.03. The van der Waals surface area contributed by atoms with Crippen molar-refractivity contribution in [2.75, 3.05) is 0 Å². The molecule has 0 saturated heterocycles. The normalized spacial score (nSPS) is 17.7. The van der Waals surface area contributed by atoms with Crippen molar-refractivity contribution >= 4 is 18.3 Å². The van der Waals surface area contributed by atoms with Crippen LogP contribution in [0.4, 0.5) is 0 Å². The molecule has 3 unspecified atom stereocenters. The third kappa shape index (κ3) is 3.59. The number of allylic oxidation sites excluding steroid dienone is 1. The first-order chi connectivity index (χ1) is 10.0. The molecule has 1 aromatic heterocycles. The number of carbonyl (C=O) groups is 2. The molecule has 1 aliphatic rings. The molecule has 1 aliphatic carbocycles. The first kappa shape index (κ1) is 15.5. The molecular formula is C15H21N3O3. The number of H-pyrrole nitrogens is 1. The first-order valence-electron chi connectivity index (χ1n) is 7.08. The quantitative estimate of drug-likeness (QED) is 0.549. The Morgan fingerprint density at radius 3 is 3.05 bits per heavy atom. The number of rotatable bonds is 6. The minimum Gasteiger partial charge on any atom is -0.391 e. The van der Waals surface area contributed by atoms with Crippen LogP contribution in [0.5, 0.6) is 0 Å². The molecule has 0 bridgehead atoms. The van der Waals surface area contributed by atoms with Crippen LogP contribution in [0.2, 0.25) is 0 Å². The molecule has 0 aliphatic heterocycles. The van der Waals surface area contributed by atoms with Gasteiger partial charge in [-0.2, -0.15) is 0 Å². The summed E-state index contributed by atoms with van der Waals surface area (Å²) in [7, 11) is 0. The van der Waals surface area contributed by atoms with Crippen LogP contribution in [0.1, 0.15) is 30.2 Å². The molecule has 2 rings (SSSR count). The van der Waals surface area contributed by atoms with Crippen LogP contribution in [0.25, 0.3) is 6.08 Å². The second-order valence-electron chi connectivity index (χ2n) is 5.37. The van der Waals surface area contributed by atoms with E-state index in [-0.39, 0.29) is 0 Å². The zero-order chi connectivity index (χ0) is 15.4. The molecule has 114 valence electrons. The summed E-state index contributed by atoms with van der Waals surface area (Å²) in [6, 6.07) is -1.69. The highest BCUT2D eigenvalue weighted by Crippen LogP contribution is 2.23. The number of aldehydes is 1. The van der Waals surface area contributed by atoms with E-state index in [4.69, 9.17) is 5.73 Å². The average molecular weight is 291 g/mol. The maximum atomic E-state index is 11.8. The van der Waals surface area contributed by atoms with Crippen molar-refractivity contribution < 1.29 is 14.7 Å². The van der Waals surface area contributed by atoms with Gasteiger partial charge in [0.1, 0.15) is 12.3 Å². The molecule has 1 heterocycles. The zero-order valence-corrected chi connectivity index (χ0v) is 12.0. The zero-order valence-electron chi connectivity index (χ0n) is 12.0. The Kier molecular flexibility index (Phi) is 4.93. The molecule has 5 N–H and O–H groups in total. The fourth-order valence-electron chi connectivity index (χ4n) is 2.40. The Hall–Kier alpha value is -1.92. The molecule has 21 heavy (non-hydrogen) atoms. The van der Waals surface area contributed by atoms with E-state index in [1.54, 1.807) is 0 Å². The van der Waals surface area contributed by atoms with Gasteiger partial charge in [-0.1, -0.05) is 12.2 Å². The summed E-state index contributed by atoms with van der Waals surface area (Å²) >= 11 is 0. The lowest BCUT2D eigenvalue weighted by Crippen LogP contribution is -2.51. The fraction of sp³-hybridized carbons (Fsp3) is 0.467. The van der Waals surface area contributed by atoms with Gasteiger partial charge in [0.15, 0.2) is 0 Å². The number of aliphatic hydroxyl groups excluding tert-OH is 1. The number of aryl methyl sites for hydroxylation is 1. The van der Waals surface area contributed by atoms with E-state index in [2.05, 4.69) is 16.4 Å². The molecule has 1 amide bonds. The van der Waals surface area contributed by atoms with Gasteiger partial charge in [0.2, 0.25) is 5.91 Å². The third-order valence-electron chi connectivity index (χ3n) is 3.69. The van der Waals surface area contributed by atoms with Crippen LogP contribution in [0.15, 0.2) is 12.3 Å². The monoisotopic (exact) mass is 291 g/mol. The number of amides is 1. The van der Waals surface area contributed by atoms with E-state index in [9.17, 15) is 14.7 Å². The van der Waals surface area contributed by atoms with Crippen LogP contribution in [-0.4, -0.2) is 40.5 Å². The van der Waals surface area contributed by atoms with Crippen molar-refractivity contribution in [3.8, 4) is 0 Å². The topological polar surface area (TPSA) is 108 Å². The molecule has 1 aromatic rings. The smallest absolute Gasteiger partial charge is 0.240 e. The summed E-state index contributed by atoms with van der Waals surface area (Å²) in [5.74, 6) is -0.526. The van der Waals surface area contributed by atoms with Gasteiger partial charge >= 0.3 is 0 Å². The van der Waals surface area contributed by atoms with Gasteiger partial charge in [-0.05, 0) is 30.9 Å². The lowest BCUT2D eigenvalue weighted by Gasteiger charge is -2.18. The Morgan fingerprint density at radius 1 is 1.62 bits per heavy atom. The van der Waals surface area contributed by atoms with E-state index in [0.29, 0.717) is 12.7 Å². The van der Waals surface area contributed by atoms with Crippen molar-refractivity contribution in [3.05, 3.63) is 29.1 Å². The number of aromatic amines is 1. The van der Waals surface area contributed by atoms with Gasteiger partial charge < -0.3 is 25.9 Å². The highest BCUT2D eigenvalue weighted by Gasteiger charge is 2.23. The summed E-state index contributed by atoms with van der Waals surface area (Å²) in [4.78, 5) is 26.2. The number of aromatic nitrogens is 1. The maximum Gasteiger partial charge on any atom is 0.240 e. The number of nitrogens with one attached hydrogen (secondary N) is 2. The molecular weight excluding hydrogens is 270 g/mol. The van der Waals surface area contributed by atoms with E-state index < -0.39 is 24.1 Å². The van der Waals surface area contributed by atoms with Gasteiger partial charge in [0.05, 0.1) is 12.1 Å². The molecule has 0 spiro atoms. The minimum absolute atomic E-state index is 0.401. The average Bonchev–Trinajstić information content (AvgIpc) is 2.88. The van der Waals surface area contributed by atoms with Gasteiger partial charge in [0, 0.05) is 18.3 Å². The highest BCUT2D eigenvalue weighted by atomic mass is 16.3.